The van der Waals surface area contributed by atoms with Gasteiger partial charge in [0, 0.05) is 18.3 Å². The van der Waals surface area contributed by atoms with Crippen molar-refractivity contribution in [1.82, 2.24) is 25.9 Å². The predicted octanol–water partition coefficient (Wildman–Crippen LogP) is -0.877. The topological polar surface area (TPSA) is 231 Å². The number of unbranched alkanes of at least 4 members (excludes halogenated alkanes) is 2. The van der Waals surface area contributed by atoms with E-state index in [1.165, 1.54) is 12.5 Å². The maximum absolute atomic E-state index is 13.3. The number of rotatable bonds is 19. The Balaban J connectivity index is 3.01. The summed E-state index contributed by atoms with van der Waals surface area (Å²) in [5, 5.41) is 17.4. The lowest BCUT2D eigenvalue weighted by molar-refractivity contribution is -0.142. The van der Waals surface area contributed by atoms with Gasteiger partial charge in [-0.25, -0.2) is 9.78 Å². The van der Waals surface area contributed by atoms with E-state index in [1.807, 2.05) is 13.8 Å². The highest BCUT2D eigenvalue weighted by molar-refractivity contribution is 5.94. The van der Waals surface area contributed by atoms with Crippen LogP contribution in [-0.2, 0) is 25.6 Å². The molecule has 210 valence electrons. The highest BCUT2D eigenvalue weighted by Crippen LogP contribution is 2.08. The molecule has 0 radical (unpaired) electrons. The van der Waals surface area contributed by atoms with Gasteiger partial charge in [-0.05, 0) is 57.5 Å². The molecule has 13 nitrogen and oxygen atoms in total. The Bertz CT molecular complexity index is 833. The number of carboxylic acid groups (broad SMARTS) is 1. The van der Waals surface area contributed by atoms with Crippen molar-refractivity contribution >= 4 is 23.7 Å². The van der Waals surface area contributed by atoms with Crippen LogP contribution in [0.15, 0.2) is 12.5 Å². The Morgan fingerprint density at radius 1 is 0.892 bits per heavy atom. The summed E-state index contributed by atoms with van der Waals surface area (Å²) in [4.78, 5) is 57.5. The Morgan fingerprint density at radius 2 is 1.46 bits per heavy atom. The third-order valence-electron chi connectivity index (χ3n) is 5.82. The van der Waals surface area contributed by atoms with E-state index in [0.29, 0.717) is 50.9 Å². The molecule has 0 spiro atoms. The van der Waals surface area contributed by atoms with Crippen LogP contribution in [0.5, 0.6) is 0 Å². The van der Waals surface area contributed by atoms with E-state index in [2.05, 4.69) is 25.9 Å². The van der Waals surface area contributed by atoms with Gasteiger partial charge < -0.3 is 43.2 Å². The van der Waals surface area contributed by atoms with E-state index in [-0.39, 0.29) is 18.8 Å². The molecule has 11 N–H and O–H groups in total. The van der Waals surface area contributed by atoms with Crippen LogP contribution in [0, 0.1) is 5.92 Å². The summed E-state index contributed by atoms with van der Waals surface area (Å²) in [5.41, 5.74) is 17.6. The molecular weight excluding hydrogens is 480 g/mol. The molecule has 0 saturated carbocycles. The molecule has 0 bridgehead atoms. The van der Waals surface area contributed by atoms with E-state index in [0.717, 1.165) is 6.42 Å². The summed E-state index contributed by atoms with van der Waals surface area (Å²) < 4.78 is 0. The quantitative estimate of drug-likeness (QED) is 0.105. The Labute approximate surface area is 218 Å². The van der Waals surface area contributed by atoms with Gasteiger partial charge in [0.25, 0.3) is 0 Å². The highest BCUT2D eigenvalue weighted by Gasteiger charge is 2.30. The third kappa shape index (κ3) is 12.7. The summed E-state index contributed by atoms with van der Waals surface area (Å²) >= 11 is 0. The number of amides is 3. The van der Waals surface area contributed by atoms with Gasteiger partial charge >= 0.3 is 5.97 Å². The number of nitrogens with zero attached hydrogens (tertiary/aromatic N) is 1. The number of hydrogen-bond acceptors (Lipinski definition) is 8. The molecule has 0 fully saturated rings. The van der Waals surface area contributed by atoms with Crippen molar-refractivity contribution in [3.63, 3.8) is 0 Å². The number of carboxylic acids is 1. The van der Waals surface area contributed by atoms with Gasteiger partial charge in [-0.15, -0.1) is 0 Å². The lowest BCUT2D eigenvalue weighted by atomic mass is 10.0. The first-order valence-corrected chi connectivity index (χ1v) is 12.9. The standard InChI is InChI=1S/C24H44N8O5/c1-15(2)11-20(24(36)37)32-23(35)19(12-16-13-28-14-29-16)31-22(34)18(8-4-6-10-26)30-21(33)17(27)7-3-5-9-25/h13-15,17-20H,3-12,25-27H2,1-2H3,(H,28,29)(H,30,33)(H,31,34)(H,32,35)(H,36,37). The van der Waals surface area contributed by atoms with Gasteiger partial charge in [0.1, 0.15) is 18.1 Å². The molecule has 37 heavy (non-hydrogen) atoms. The molecule has 4 unspecified atom stereocenters. The molecule has 13 heteroatoms. The van der Waals surface area contributed by atoms with Crippen LogP contribution in [0.4, 0.5) is 0 Å². The van der Waals surface area contributed by atoms with Crippen molar-refractivity contribution in [2.24, 2.45) is 23.1 Å². The maximum Gasteiger partial charge on any atom is 0.326 e. The van der Waals surface area contributed by atoms with E-state index in [9.17, 15) is 24.3 Å². The number of hydrogen-bond donors (Lipinski definition) is 8. The predicted molar refractivity (Wildman–Crippen MR) is 139 cm³/mol. The first-order chi connectivity index (χ1) is 17.6. The number of nitrogens with two attached hydrogens (primary N) is 3. The van der Waals surface area contributed by atoms with Gasteiger partial charge in [-0.2, -0.15) is 0 Å². The summed E-state index contributed by atoms with van der Waals surface area (Å²) in [6.07, 6.45) is 6.59. The Morgan fingerprint density at radius 3 is 2.00 bits per heavy atom. The molecule has 4 atom stereocenters. The number of aliphatic carboxylic acids is 1. The van der Waals surface area contributed by atoms with Crippen LogP contribution >= 0.6 is 0 Å². The SMILES string of the molecule is CC(C)CC(NC(=O)C(Cc1cnc[nH]1)NC(=O)C(CCCCN)NC(=O)C(N)CCCCN)C(=O)O. The molecule has 3 amide bonds. The minimum Gasteiger partial charge on any atom is -0.480 e. The third-order valence-corrected chi connectivity index (χ3v) is 5.82. The Kier molecular flexibility index (Phi) is 15.1. The number of H-pyrrole nitrogens is 1. The smallest absolute Gasteiger partial charge is 0.326 e. The van der Waals surface area contributed by atoms with Crippen LogP contribution in [0.25, 0.3) is 0 Å². The number of imidazole rings is 1. The highest BCUT2D eigenvalue weighted by atomic mass is 16.4. The summed E-state index contributed by atoms with van der Waals surface area (Å²) in [6, 6.07) is -3.95. The molecule has 0 aliphatic rings. The number of aromatic amines is 1. The van der Waals surface area contributed by atoms with Crippen LogP contribution in [0.1, 0.15) is 64.5 Å². The zero-order valence-electron chi connectivity index (χ0n) is 21.9. The fourth-order valence-corrected chi connectivity index (χ4v) is 3.74. The number of carbonyl (C=O) groups excluding carboxylic acids is 3. The molecule has 0 aliphatic carbocycles. The summed E-state index contributed by atoms with van der Waals surface area (Å²) in [5.74, 6) is -2.83. The maximum atomic E-state index is 13.3. The van der Waals surface area contributed by atoms with Gasteiger partial charge in [-0.3, -0.25) is 14.4 Å². The van der Waals surface area contributed by atoms with E-state index in [1.54, 1.807) is 0 Å². The number of carbonyl (C=O) groups is 4. The van der Waals surface area contributed by atoms with Gasteiger partial charge in [0.05, 0.1) is 12.4 Å². The average Bonchev–Trinajstić information content (AvgIpc) is 3.35. The Hall–Kier alpha value is -3.03. The molecule has 0 aliphatic heterocycles. The first-order valence-electron chi connectivity index (χ1n) is 12.9. The van der Waals surface area contributed by atoms with E-state index in [4.69, 9.17) is 17.2 Å². The van der Waals surface area contributed by atoms with Crippen molar-refractivity contribution < 1.29 is 24.3 Å². The molecule has 1 rings (SSSR count). The largest absolute Gasteiger partial charge is 0.480 e. The van der Waals surface area contributed by atoms with Crippen molar-refractivity contribution in [3.8, 4) is 0 Å². The van der Waals surface area contributed by atoms with Crippen molar-refractivity contribution in [2.75, 3.05) is 13.1 Å². The number of aromatic nitrogens is 2. The van der Waals surface area contributed by atoms with Crippen LogP contribution in [-0.4, -0.2) is 76.0 Å². The second-order valence-electron chi connectivity index (χ2n) is 9.61. The van der Waals surface area contributed by atoms with Crippen molar-refractivity contribution in [3.05, 3.63) is 18.2 Å². The monoisotopic (exact) mass is 524 g/mol. The minimum absolute atomic E-state index is 0.0262. The fraction of sp³-hybridized carbons (Fsp3) is 0.708. The second-order valence-corrected chi connectivity index (χ2v) is 9.61. The lowest BCUT2D eigenvalue weighted by Gasteiger charge is -2.25. The van der Waals surface area contributed by atoms with Crippen LogP contribution < -0.4 is 33.2 Å². The molecule has 0 aromatic carbocycles. The second kappa shape index (κ2) is 17.4. The normalized spacial score (nSPS) is 14.4. The van der Waals surface area contributed by atoms with Gasteiger partial charge in [-0.1, -0.05) is 20.3 Å². The lowest BCUT2D eigenvalue weighted by Crippen LogP contribution is -2.57. The zero-order chi connectivity index (χ0) is 27.8. The number of nitrogens with one attached hydrogen (secondary N) is 4. The van der Waals surface area contributed by atoms with E-state index < -0.39 is 47.9 Å². The molecule has 1 heterocycles. The van der Waals surface area contributed by atoms with Crippen LogP contribution in [0.3, 0.4) is 0 Å². The fourth-order valence-electron chi connectivity index (χ4n) is 3.74. The van der Waals surface area contributed by atoms with E-state index >= 15 is 0 Å². The molecule has 1 aromatic rings. The molecule has 0 saturated heterocycles. The minimum atomic E-state index is -1.16. The zero-order valence-corrected chi connectivity index (χ0v) is 21.9. The summed E-state index contributed by atoms with van der Waals surface area (Å²) in [7, 11) is 0. The van der Waals surface area contributed by atoms with Gasteiger partial charge in [0.2, 0.25) is 17.7 Å². The van der Waals surface area contributed by atoms with Crippen molar-refractivity contribution in [1.29, 1.82) is 0 Å². The molecule has 1 aromatic heterocycles. The average molecular weight is 525 g/mol. The van der Waals surface area contributed by atoms with Crippen molar-refractivity contribution in [2.45, 2.75) is 89.4 Å². The summed E-state index contributed by atoms with van der Waals surface area (Å²) in [6.45, 7) is 4.62. The van der Waals surface area contributed by atoms with Crippen LogP contribution in [0.2, 0.25) is 0 Å². The first kappa shape index (κ1) is 32.0. The molecular formula is C24H44N8O5. The van der Waals surface area contributed by atoms with Gasteiger partial charge in [0.15, 0.2) is 0 Å².